The Morgan fingerprint density at radius 1 is 1.32 bits per heavy atom. The summed E-state index contributed by atoms with van der Waals surface area (Å²) < 4.78 is 5.87. The summed E-state index contributed by atoms with van der Waals surface area (Å²) in [6.45, 7) is 3.21. The minimum atomic E-state index is 0.465. The maximum atomic E-state index is 5.87. The van der Waals surface area contributed by atoms with Gasteiger partial charge in [-0.1, -0.05) is 39.0 Å². The molecule has 1 aliphatic heterocycles. The molecule has 0 aromatic rings. The molecule has 1 saturated carbocycles. The Balaban J connectivity index is 1.82. The topological polar surface area (TPSA) is 21.3 Å². The van der Waals surface area contributed by atoms with E-state index in [1.54, 1.807) is 0 Å². The Hall–Kier alpha value is -0.500. The third-order valence-corrected chi connectivity index (χ3v) is 4.91. The zero-order valence-corrected chi connectivity index (χ0v) is 12.8. The number of likely N-dealkylation sites (N-methyl/N-ethyl adjacent to an activating group) is 1. The SMILES string of the molecule is CCCCC1CCC(C(NC)C2=CCCCO2)CC1. The van der Waals surface area contributed by atoms with Gasteiger partial charge < -0.3 is 10.1 Å². The van der Waals surface area contributed by atoms with Crippen molar-refractivity contribution in [2.24, 2.45) is 11.8 Å². The summed E-state index contributed by atoms with van der Waals surface area (Å²) in [6, 6.07) is 0.465. The van der Waals surface area contributed by atoms with E-state index in [-0.39, 0.29) is 0 Å². The van der Waals surface area contributed by atoms with Crippen molar-refractivity contribution in [1.82, 2.24) is 5.32 Å². The molecular weight excluding hydrogens is 234 g/mol. The maximum absolute atomic E-state index is 5.87. The average Bonchev–Trinajstić information content (AvgIpc) is 2.48. The van der Waals surface area contributed by atoms with Crippen LogP contribution in [0.1, 0.15) is 64.7 Å². The minimum absolute atomic E-state index is 0.465. The number of nitrogens with one attached hydrogen (secondary N) is 1. The summed E-state index contributed by atoms with van der Waals surface area (Å²) in [6.07, 6.45) is 14.5. The zero-order valence-electron chi connectivity index (χ0n) is 12.8. The molecule has 1 fully saturated rings. The molecule has 1 aliphatic carbocycles. The van der Waals surface area contributed by atoms with Gasteiger partial charge in [0, 0.05) is 0 Å². The summed E-state index contributed by atoms with van der Waals surface area (Å²) >= 11 is 0. The molecule has 0 bridgehead atoms. The Bertz CT molecular complexity index is 279. The number of allylic oxidation sites excluding steroid dienone is 1. The quantitative estimate of drug-likeness (QED) is 0.774. The number of ether oxygens (including phenoxy) is 1. The van der Waals surface area contributed by atoms with Crippen LogP contribution in [-0.4, -0.2) is 19.7 Å². The second-order valence-corrected chi connectivity index (χ2v) is 6.29. The summed E-state index contributed by atoms with van der Waals surface area (Å²) in [5.41, 5.74) is 0. The molecule has 2 heteroatoms. The lowest BCUT2D eigenvalue weighted by Crippen LogP contribution is -2.39. The first kappa shape index (κ1) is 14.9. The number of rotatable bonds is 6. The van der Waals surface area contributed by atoms with Crippen molar-refractivity contribution in [1.29, 1.82) is 0 Å². The summed E-state index contributed by atoms with van der Waals surface area (Å²) in [5.74, 6) is 3.01. The Morgan fingerprint density at radius 3 is 2.68 bits per heavy atom. The van der Waals surface area contributed by atoms with Gasteiger partial charge in [-0.15, -0.1) is 0 Å². The first-order valence-corrected chi connectivity index (χ1v) is 8.35. The van der Waals surface area contributed by atoms with Crippen LogP contribution in [0.5, 0.6) is 0 Å². The molecule has 0 aromatic carbocycles. The molecule has 2 rings (SSSR count). The number of hydrogen-bond acceptors (Lipinski definition) is 2. The molecule has 1 N–H and O–H groups in total. The fraction of sp³-hybridized carbons (Fsp3) is 0.882. The molecule has 0 amide bonds. The minimum Gasteiger partial charge on any atom is -0.497 e. The predicted molar refractivity (Wildman–Crippen MR) is 81.1 cm³/mol. The van der Waals surface area contributed by atoms with Gasteiger partial charge in [0.2, 0.25) is 0 Å². The van der Waals surface area contributed by atoms with Gasteiger partial charge in [0.1, 0.15) is 5.76 Å². The van der Waals surface area contributed by atoms with Crippen LogP contribution < -0.4 is 5.32 Å². The van der Waals surface area contributed by atoms with Crippen LogP contribution in [0.3, 0.4) is 0 Å². The van der Waals surface area contributed by atoms with Gasteiger partial charge in [-0.25, -0.2) is 0 Å². The third kappa shape index (κ3) is 4.24. The largest absolute Gasteiger partial charge is 0.497 e. The second kappa shape index (κ2) is 7.94. The van der Waals surface area contributed by atoms with E-state index in [1.807, 2.05) is 0 Å². The standard InChI is InChI=1S/C17H31NO/c1-3-4-7-14-9-11-15(12-10-14)17(18-2)16-8-5-6-13-19-16/h8,14-15,17-18H,3-7,9-13H2,1-2H3. The fourth-order valence-corrected chi connectivity index (χ4v) is 3.71. The predicted octanol–water partition coefficient (Wildman–Crippen LogP) is 4.27. The van der Waals surface area contributed by atoms with Gasteiger partial charge >= 0.3 is 0 Å². The molecule has 1 atom stereocenters. The van der Waals surface area contributed by atoms with Crippen molar-refractivity contribution in [3.8, 4) is 0 Å². The summed E-state index contributed by atoms with van der Waals surface area (Å²) in [7, 11) is 2.09. The smallest absolute Gasteiger partial charge is 0.109 e. The highest BCUT2D eigenvalue weighted by molar-refractivity contribution is 5.08. The number of hydrogen-bond donors (Lipinski definition) is 1. The van der Waals surface area contributed by atoms with E-state index in [4.69, 9.17) is 4.74 Å². The van der Waals surface area contributed by atoms with Crippen LogP contribution >= 0.6 is 0 Å². The summed E-state index contributed by atoms with van der Waals surface area (Å²) in [5, 5.41) is 3.51. The molecule has 0 spiro atoms. The third-order valence-electron chi connectivity index (χ3n) is 4.91. The van der Waals surface area contributed by atoms with Gasteiger partial charge in [-0.2, -0.15) is 0 Å². The van der Waals surface area contributed by atoms with E-state index in [0.29, 0.717) is 6.04 Å². The van der Waals surface area contributed by atoms with Crippen LogP contribution in [0.2, 0.25) is 0 Å². The maximum Gasteiger partial charge on any atom is 0.109 e. The molecule has 2 aliphatic rings. The Labute approximate surface area is 119 Å². The van der Waals surface area contributed by atoms with E-state index >= 15 is 0 Å². The van der Waals surface area contributed by atoms with Gasteiger partial charge in [-0.05, 0) is 50.6 Å². The van der Waals surface area contributed by atoms with Gasteiger partial charge in [-0.3, -0.25) is 0 Å². The van der Waals surface area contributed by atoms with Crippen molar-refractivity contribution >= 4 is 0 Å². The van der Waals surface area contributed by atoms with E-state index < -0.39 is 0 Å². The molecule has 19 heavy (non-hydrogen) atoms. The first-order valence-electron chi connectivity index (χ1n) is 8.35. The molecule has 1 unspecified atom stereocenters. The lowest BCUT2D eigenvalue weighted by Gasteiger charge is -2.35. The Kier molecular flexibility index (Phi) is 6.22. The lowest BCUT2D eigenvalue weighted by molar-refractivity contribution is 0.133. The van der Waals surface area contributed by atoms with Crippen molar-refractivity contribution in [3.63, 3.8) is 0 Å². The van der Waals surface area contributed by atoms with Gasteiger partial charge in [0.15, 0.2) is 0 Å². The highest BCUT2D eigenvalue weighted by Crippen LogP contribution is 2.35. The summed E-state index contributed by atoms with van der Waals surface area (Å²) in [4.78, 5) is 0. The van der Waals surface area contributed by atoms with Gasteiger partial charge in [0.25, 0.3) is 0 Å². The highest BCUT2D eigenvalue weighted by atomic mass is 16.5. The highest BCUT2D eigenvalue weighted by Gasteiger charge is 2.30. The van der Waals surface area contributed by atoms with E-state index in [1.165, 1.54) is 63.5 Å². The van der Waals surface area contributed by atoms with Crippen molar-refractivity contribution in [2.75, 3.05) is 13.7 Å². The number of unbranched alkanes of at least 4 members (excludes halogenated alkanes) is 1. The van der Waals surface area contributed by atoms with E-state index in [0.717, 1.165) is 18.4 Å². The molecule has 0 saturated heterocycles. The van der Waals surface area contributed by atoms with Crippen molar-refractivity contribution in [3.05, 3.63) is 11.8 Å². The van der Waals surface area contributed by atoms with Crippen LogP contribution in [0.15, 0.2) is 11.8 Å². The van der Waals surface area contributed by atoms with Crippen molar-refractivity contribution in [2.45, 2.75) is 70.8 Å². The lowest BCUT2D eigenvalue weighted by atomic mass is 9.76. The van der Waals surface area contributed by atoms with Crippen LogP contribution in [0, 0.1) is 11.8 Å². The van der Waals surface area contributed by atoms with Crippen molar-refractivity contribution < 1.29 is 4.74 Å². The van der Waals surface area contributed by atoms with Crippen LogP contribution in [0.4, 0.5) is 0 Å². The van der Waals surface area contributed by atoms with Crippen LogP contribution in [-0.2, 0) is 4.74 Å². The normalized spacial score (nSPS) is 29.5. The van der Waals surface area contributed by atoms with E-state index in [2.05, 4.69) is 25.4 Å². The Morgan fingerprint density at radius 2 is 2.11 bits per heavy atom. The second-order valence-electron chi connectivity index (χ2n) is 6.29. The first-order chi connectivity index (χ1) is 9.35. The molecule has 1 heterocycles. The molecule has 0 radical (unpaired) electrons. The van der Waals surface area contributed by atoms with Gasteiger partial charge in [0.05, 0.1) is 12.6 Å². The van der Waals surface area contributed by atoms with Crippen LogP contribution in [0.25, 0.3) is 0 Å². The average molecular weight is 265 g/mol. The zero-order chi connectivity index (χ0) is 13.5. The molecule has 0 aromatic heterocycles. The monoisotopic (exact) mass is 265 g/mol. The van der Waals surface area contributed by atoms with E-state index in [9.17, 15) is 0 Å². The molecule has 2 nitrogen and oxygen atoms in total. The molecular formula is C17H31NO. The fourth-order valence-electron chi connectivity index (χ4n) is 3.71. The molecule has 110 valence electrons.